The van der Waals surface area contributed by atoms with Crippen molar-refractivity contribution < 1.29 is 9.59 Å². The zero-order valence-electron chi connectivity index (χ0n) is 15.2. The maximum atomic E-state index is 12.8. The number of hydrogen-bond acceptors (Lipinski definition) is 4. The quantitative estimate of drug-likeness (QED) is 0.674. The molecule has 0 aliphatic carbocycles. The van der Waals surface area contributed by atoms with Gasteiger partial charge in [0.15, 0.2) is 0 Å². The van der Waals surface area contributed by atoms with Gasteiger partial charge in [0.2, 0.25) is 5.91 Å². The van der Waals surface area contributed by atoms with E-state index in [-0.39, 0.29) is 17.7 Å². The van der Waals surface area contributed by atoms with E-state index in [1.807, 2.05) is 49.6 Å². The summed E-state index contributed by atoms with van der Waals surface area (Å²) in [4.78, 5) is 29.5. The molecule has 0 radical (unpaired) electrons. The van der Waals surface area contributed by atoms with E-state index < -0.39 is 6.04 Å². The molecule has 1 aromatic heterocycles. The average molecular weight is 379 g/mol. The van der Waals surface area contributed by atoms with Crippen LogP contribution in [0.5, 0.6) is 0 Å². The molecule has 2 aromatic carbocycles. The zero-order valence-corrected chi connectivity index (χ0v) is 16.0. The Bertz CT molecular complexity index is 908. The molecule has 1 unspecified atom stereocenters. The molecule has 1 heterocycles. The number of amides is 2. The van der Waals surface area contributed by atoms with E-state index in [4.69, 9.17) is 0 Å². The van der Waals surface area contributed by atoms with Crippen LogP contribution in [0.3, 0.4) is 0 Å². The van der Waals surface area contributed by atoms with Crippen LogP contribution in [0.2, 0.25) is 0 Å². The summed E-state index contributed by atoms with van der Waals surface area (Å²) in [6, 6.07) is 15.8. The van der Waals surface area contributed by atoms with Crippen LogP contribution in [-0.4, -0.2) is 22.8 Å². The van der Waals surface area contributed by atoms with Crippen molar-refractivity contribution in [1.29, 1.82) is 0 Å². The van der Waals surface area contributed by atoms with E-state index in [2.05, 4.69) is 15.6 Å². The minimum Gasteiger partial charge on any atom is -0.340 e. The molecule has 2 N–H and O–H groups in total. The fraction of sp³-hybridized carbons (Fsp3) is 0.190. The highest BCUT2D eigenvalue weighted by molar-refractivity contribution is 7.13. The molecule has 0 saturated heterocycles. The van der Waals surface area contributed by atoms with E-state index in [9.17, 15) is 9.59 Å². The summed E-state index contributed by atoms with van der Waals surface area (Å²) in [5.41, 5.74) is 2.14. The lowest BCUT2D eigenvalue weighted by molar-refractivity contribution is -0.118. The maximum Gasteiger partial charge on any atom is 0.251 e. The van der Waals surface area contributed by atoms with Gasteiger partial charge in [-0.2, -0.15) is 0 Å². The van der Waals surface area contributed by atoms with Gasteiger partial charge in [0.05, 0.1) is 0 Å². The van der Waals surface area contributed by atoms with Crippen molar-refractivity contribution in [3.63, 3.8) is 0 Å². The number of rotatable bonds is 6. The van der Waals surface area contributed by atoms with Crippen LogP contribution in [0.4, 0.5) is 5.69 Å². The largest absolute Gasteiger partial charge is 0.340 e. The first-order chi connectivity index (χ1) is 13.0. The molecule has 0 spiro atoms. The molecule has 0 aliphatic rings. The second-order valence-electron chi connectivity index (χ2n) is 6.47. The minimum absolute atomic E-state index is 0.0557. The van der Waals surface area contributed by atoms with E-state index in [1.165, 1.54) is 0 Å². The first kappa shape index (κ1) is 18.8. The number of hydrogen-bond donors (Lipinski definition) is 2. The maximum absolute atomic E-state index is 12.8. The number of carbonyl (C=O) groups excluding carboxylic acids is 2. The van der Waals surface area contributed by atoms with Gasteiger partial charge in [0.1, 0.15) is 11.0 Å². The topological polar surface area (TPSA) is 71.1 Å². The Morgan fingerprint density at radius 1 is 1.04 bits per heavy atom. The highest BCUT2D eigenvalue weighted by Gasteiger charge is 2.24. The molecule has 0 saturated carbocycles. The van der Waals surface area contributed by atoms with Crippen molar-refractivity contribution in [2.45, 2.75) is 19.9 Å². The third-order valence-corrected chi connectivity index (χ3v) is 4.90. The molecule has 2 amide bonds. The Hall–Kier alpha value is -2.99. The normalized spacial score (nSPS) is 11.8. The lowest BCUT2D eigenvalue weighted by atomic mass is 10.0. The summed E-state index contributed by atoms with van der Waals surface area (Å²) in [5, 5.41) is 8.54. The number of nitrogens with one attached hydrogen (secondary N) is 2. The summed E-state index contributed by atoms with van der Waals surface area (Å²) in [6.07, 6.45) is 1.75. The van der Waals surface area contributed by atoms with Crippen LogP contribution in [0.25, 0.3) is 10.6 Å². The first-order valence-corrected chi connectivity index (χ1v) is 9.59. The molecule has 0 fully saturated rings. The fourth-order valence-corrected chi connectivity index (χ4v) is 3.30. The highest BCUT2D eigenvalue weighted by atomic mass is 32.1. The Morgan fingerprint density at radius 2 is 1.81 bits per heavy atom. The molecule has 1 atom stereocenters. The predicted octanol–water partition coefficient (Wildman–Crippen LogP) is 4.20. The number of aromatic nitrogens is 1. The van der Waals surface area contributed by atoms with Gasteiger partial charge in [-0.05, 0) is 30.2 Å². The van der Waals surface area contributed by atoms with E-state index >= 15 is 0 Å². The second-order valence-corrected chi connectivity index (χ2v) is 7.36. The molecule has 0 bridgehead atoms. The van der Waals surface area contributed by atoms with Gasteiger partial charge in [0, 0.05) is 28.4 Å². The third kappa shape index (κ3) is 4.80. The van der Waals surface area contributed by atoms with Gasteiger partial charge in [-0.25, -0.2) is 4.98 Å². The smallest absolute Gasteiger partial charge is 0.251 e. The second kappa shape index (κ2) is 8.60. The Labute approximate surface area is 162 Å². The molecule has 27 heavy (non-hydrogen) atoms. The van der Waals surface area contributed by atoms with E-state index in [1.54, 1.807) is 41.8 Å². The van der Waals surface area contributed by atoms with Crippen LogP contribution < -0.4 is 10.6 Å². The van der Waals surface area contributed by atoms with Gasteiger partial charge >= 0.3 is 0 Å². The predicted molar refractivity (Wildman–Crippen MR) is 109 cm³/mol. The molecule has 6 heteroatoms. The number of anilines is 1. The van der Waals surface area contributed by atoms with Crippen LogP contribution in [0, 0.1) is 5.92 Å². The SMILES string of the molecule is CC(C)C(NC(=O)c1ccccc1)C(=O)Nc1cccc(-c2nccs2)c1. The van der Waals surface area contributed by atoms with Crippen LogP contribution >= 0.6 is 11.3 Å². The van der Waals surface area contributed by atoms with Crippen molar-refractivity contribution in [3.8, 4) is 10.6 Å². The fourth-order valence-electron chi connectivity index (χ4n) is 2.67. The Balaban J connectivity index is 1.72. The Kier molecular flexibility index (Phi) is 5.98. The van der Waals surface area contributed by atoms with Gasteiger partial charge in [0.25, 0.3) is 5.91 Å². The lowest BCUT2D eigenvalue weighted by Gasteiger charge is -2.22. The van der Waals surface area contributed by atoms with E-state index in [0.717, 1.165) is 10.6 Å². The summed E-state index contributed by atoms with van der Waals surface area (Å²) in [7, 11) is 0. The van der Waals surface area contributed by atoms with Crippen molar-refractivity contribution in [1.82, 2.24) is 10.3 Å². The molecule has 3 rings (SSSR count). The summed E-state index contributed by atoms with van der Waals surface area (Å²) >= 11 is 1.54. The van der Waals surface area contributed by atoms with Crippen molar-refractivity contribution >= 4 is 28.8 Å². The van der Waals surface area contributed by atoms with Crippen molar-refractivity contribution in [2.75, 3.05) is 5.32 Å². The van der Waals surface area contributed by atoms with Gasteiger partial charge in [-0.1, -0.05) is 44.2 Å². The number of thiazole rings is 1. The third-order valence-electron chi connectivity index (χ3n) is 4.08. The van der Waals surface area contributed by atoms with Crippen LogP contribution in [-0.2, 0) is 4.79 Å². The molecule has 138 valence electrons. The monoisotopic (exact) mass is 379 g/mol. The summed E-state index contributed by atoms with van der Waals surface area (Å²) in [6.45, 7) is 3.81. The average Bonchev–Trinajstić information content (AvgIpc) is 3.21. The van der Waals surface area contributed by atoms with Gasteiger partial charge in [-0.3, -0.25) is 9.59 Å². The van der Waals surface area contributed by atoms with E-state index in [0.29, 0.717) is 11.3 Å². The summed E-state index contributed by atoms with van der Waals surface area (Å²) in [5.74, 6) is -0.564. The minimum atomic E-state index is -0.638. The summed E-state index contributed by atoms with van der Waals surface area (Å²) < 4.78 is 0. The number of nitrogens with zero attached hydrogens (tertiary/aromatic N) is 1. The van der Waals surface area contributed by atoms with Crippen LogP contribution in [0.15, 0.2) is 66.2 Å². The number of carbonyl (C=O) groups is 2. The first-order valence-electron chi connectivity index (χ1n) is 8.71. The molecular weight excluding hydrogens is 358 g/mol. The molecule has 3 aromatic rings. The standard InChI is InChI=1S/C21H21N3O2S/c1-14(2)18(24-19(25)15-7-4-3-5-8-15)20(26)23-17-10-6-9-16(13-17)21-22-11-12-27-21/h3-14,18H,1-2H3,(H,23,26)(H,24,25). The van der Waals surface area contributed by atoms with Gasteiger partial charge in [-0.15, -0.1) is 11.3 Å². The van der Waals surface area contributed by atoms with Crippen molar-refractivity contribution in [3.05, 3.63) is 71.7 Å². The van der Waals surface area contributed by atoms with Crippen molar-refractivity contribution in [2.24, 2.45) is 5.92 Å². The molecule has 5 nitrogen and oxygen atoms in total. The lowest BCUT2D eigenvalue weighted by Crippen LogP contribution is -2.47. The van der Waals surface area contributed by atoms with Gasteiger partial charge < -0.3 is 10.6 Å². The highest BCUT2D eigenvalue weighted by Crippen LogP contribution is 2.24. The molecule has 0 aliphatic heterocycles. The zero-order chi connectivity index (χ0) is 19.2. The van der Waals surface area contributed by atoms with Crippen LogP contribution in [0.1, 0.15) is 24.2 Å². The number of benzene rings is 2. The molecular formula is C21H21N3O2S. The Morgan fingerprint density at radius 3 is 2.48 bits per heavy atom.